The molecule has 1 aliphatic heterocycles. The maximum absolute atomic E-state index is 12.8. The van der Waals surface area contributed by atoms with Gasteiger partial charge in [-0.05, 0) is 47.9 Å². The number of nitrogen functional groups attached to an aromatic ring is 1. The summed E-state index contributed by atoms with van der Waals surface area (Å²) in [6, 6.07) is 11.1. The van der Waals surface area contributed by atoms with Crippen molar-refractivity contribution in [1.29, 1.82) is 0 Å². The highest BCUT2D eigenvalue weighted by atomic mass is 19.4. The minimum atomic E-state index is -4.47. The Morgan fingerprint density at radius 1 is 1.13 bits per heavy atom. The van der Waals surface area contributed by atoms with Crippen LogP contribution in [0.5, 0.6) is 0 Å². The van der Waals surface area contributed by atoms with Crippen molar-refractivity contribution in [1.82, 2.24) is 14.9 Å². The van der Waals surface area contributed by atoms with E-state index in [0.29, 0.717) is 30.8 Å². The number of halogens is 3. The maximum atomic E-state index is 12.8. The molecular weight excluding hydrogens is 395 g/mol. The van der Waals surface area contributed by atoms with Gasteiger partial charge in [0, 0.05) is 30.5 Å². The molecule has 0 aliphatic carbocycles. The largest absolute Gasteiger partial charge is 0.433 e. The second-order valence-corrected chi connectivity index (χ2v) is 6.94. The van der Waals surface area contributed by atoms with Gasteiger partial charge in [-0.2, -0.15) is 13.2 Å². The Bertz CT molecular complexity index is 1080. The monoisotopic (exact) mass is 413 g/mol. The number of nitrogens with zero attached hydrogens (tertiary/aromatic N) is 3. The van der Waals surface area contributed by atoms with E-state index in [1.807, 2.05) is 18.2 Å². The van der Waals surface area contributed by atoms with Gasteiger partial charge in [0.1, 0.15) is 11.5 Å². The number of fused-ring (bicyclic) bond motifs is 1. The Morgan fingerprint density at radius 2 is 1.97 bits per heavy atom. The lowest BCUT2D eigenvalue weighted by atomic mass is 9.97. The van der Waals surface area contributed by atoms with Crippen molar-refractivity contribution in [3.05, 3.63) is 77.2 Å². The lowest BCUT2D eigenvalue weighted by Gasteiger charge is -2.30. The van der Waals surface area contributed by atoms with E-state index < -0.39 is 11.9 Å². The van der Waals surface area contributed by atoms with Crippen molar-refractivity contribution in [3.63, 3.8) is 0 Å². The second kappa shape index (κ2) is 7.66. The van der Waals surface area contributed by atoms with E-state index >= 15 is 0 Å². The molecule has 2 aromatic heterocycles. The van der Waals surface area contributed by atoms with Gasteiger partial charge in [0.25, 0.3) is 5.91 Å². The Hall–Kier alpha value is -3.62. The number of anilines is 3. The summed E-state index contributed by atoms with van der Waals surface area (Å²) in [5, 5.41) is 3.14. The van der Waals surface area contributed by atoms with Crippen LogP contribution in [0.15, 0.2) is 54.9 Å². The lowest BCUT2D eigenvalue weighted by Crippen LogP contribution is -2.36. The first kappa shape index (κ1) is 19.7. The third-order valence-electron chi connectivity index (χ3n) is 4.91. The number of hydrogen-bond donors (Lipinski definition) is 2. The van der Waals surface area contributed by atoms with E-state index in [1.165, 1.54) is 12.3 Å². The molecule has 4 rings (SSSR count). The Balaban J connectivity index is 1.52. The normalized spacial score (nSPS) is 13.6. The van der Waals surface area contributed by atoms with Crippen molar-refractivity contribution in [2.75, 3.05) is 17.6 Å². The molecular formula is C21H18F3N5O. The van der Waals surface area contributed by atoms with Gasteiger partial charge in [-0.25, -0.2) is 9.97 Å². The third-order valence-corrected chi connectivity index (χ3v) is 4.91. The van der Waals surface area contributed by atoms with Gasteiger partial charge in [-0.15, -0.1) is 0 Å². The molecule has 1 aromatic carbocycles. The van der Waals surface area contributed by atoms with E-state index in [2.05, 4.69) is 15.3 Å². The van der Waals surface area contributed by atoms with Crippen LogP contribution in [-0.4, -0.2) is 27.3 Å². The zero-order valence-electron chi connectivity index (χ0n) is 15.8. The maximum Gasteiger partial charge on any atom is 0.433 e. The lowest BCUT2D eigenvalue weighted by molar-refractivity contribution is -0.141. The molecule has 6 nitrogen and oxygen atoms in total. The van der Waals surface area contributed by atoms with Crippen LogP contribution in [0.25, 0.3) is 0 Å². The molecule has 0 unspecified atom stereocenters. The predicted molar refractivity (Wildman–Crippen MR) is 106 cm³/mol. The molecule has 0 fully saturated rings. The Labute approximate surface area is 170 Å². The number of amides is 1. The van der Waals surface area contributed by atoms with Crippen molar-refractivity contribution < 1.29 is 18.0 Å². The molecule has 0 spiro atoms. The van der Waals surface area contributed by atoms with E-state index in [-0.39, 0.29) is 11.7 Å². The third kappa shape index (κ3) is 4.05. The van der Waals surface area contributed by atoms with Crippen LogP contribution in [-0.2, 0) is 19.1 Å². The topological polar surface area (TPSA) is 84.1 Å². The van der Waals surface area contributed by atoms with E-state index in [0.717, 1.165) is 29.1 Å². The average Bonchev–Trinajstić information content (AvgIpc) is 2.73. The fourth-order valence-corrected chi connectivity index (χ4v) is 3.45. The van der Waals surface area contributed by atoms with Gasteiger partial charge in [0.15, 0.2) is 0 Å². The molecule has 1 amide bonds. The zero-order valence-corrected chi connectivity index (χ0v) is 15.8. The van der Waals surface area contributed by atoms with Crippen LogP contribution in [0.3, 0.4) is 0 Å². The first-order chi connectivity index (χ1) is 14.3. The number of rotatable bonds is 3. The Kier molecular flexibility index (Phi) is 5.03. The molecule has 30 heavy (non-hydrogen) atoms. The summed E-state index contributed by atoms with van der Waals surface area (Å²) in [5.74, 6) is 0.162. The highest BCUT2D eigenvalue weighted by Gasteiger charge is 2.32. The molecule has 9 heteroatoms. The standard InChI is InChI=1S/C21H18F3N5O/c22-21(23,24)18-5-4-15(11-27-18)28-17-3-1-2-14-12-29(9-7-16(14)17)20(30)13-6-8-26-19(25)10-13/h1-6,8,10-11,28H,7,9,12H2,(H2,25,26). The first-order valence-electron chi connectivity index (χ1n) is 9.23. The van der Waals surface area contributed by atoms with Gasteiger partial charge in [0.05, 0.1) is 11.9 Å². The molecule has 1 aliphatic rings. The fraction of sp³-hybridized carbons (Fsp3) is 0.190. The number of pyridine rings is 2. The van der Waals surface area contributed by atoms with Gasteiger partial charge in [0.2, 0.25) is 0 Å². The number of carbonyl (C=O) groups is 1. The van der Waals surface area contributed by atoms with Crippen LogP contribution in [0.2, 0.25) is 0 Å². The summed E-state index contributed by atoms with van der Waals surface area (Å²) < 4.78 is 38.1. The van der Waals surface area contributed by atoms with Gasteiger partial charge in [-0.1, -0.05) is 12.1 Å². The number of hydrogen-bond acceptors (Lipinski definition) is 5. The second-order valence-electron chi connectivity index (χ2n) is 6.94. The van der Waals surface area contributed by atoms with Crippen LogP contribution in [0, 0.1) is 0 Å². The molecule has 3 heterocycles. The number of nitrogens with two attached hydrogens (primary N) is 1. The molecule has 3 N–H and O–H groups in total. The van der Waals surface area contributed by atoms with Crippen molar-refractivity contribution in [2.24, 2.45) is 0 Å². The van der Waals surface area contributed by atoms with Crippen LogP contribution >= 0.6 is 0 Å². The quantitative estimate of drug-likeness (QED) is 0.678. The van der Waals surface area contributed by atoms with E-state index in [1.54, 1.807) is 17.0 Å². The fourth-order valence-electron chi connectivity index (χ4n) is 3.45. The van der Waals surface area contributed by atoms with Crippen molar-refractivity contribution >= 4 is 23.1 Å². The molecule has 0 atom stereocenters. The first-order valence-corrected chi connectivity index (χ1v) is 9.23. The number of carbonyl (C=O) groups excluding carboxylic acids is 1. The summed E-state index contributed by atoms with van der Waals surface area (Å²) in [6.07, 6.45) is -1.20. The van der Waals surface area contributed by atoms with Crippen LogP contribution in [0.1, 0.15) is 27.2 Å². The molecule has 3 aromatic rings. The summed E-state index contributed by atoms with van der Waals surface area (Å²) in [6.45, 7) is 0.940. The number of benzene rings is 1. The number of alkyl halides is 3. The molecule has 154 valence electrons. The summed E-state index contributed by atoms with van der Waals surface area (Å²) >= 11 is 0. The van der Waals surface area contributed by atoms with Crippen molar-refractivity contribution in [2.45, 2.75) is 19.1 Å². The average molecular weight is 413 g/mol. The summed E-state index contributed by atoms with van der Waals surface area (Å²) in [5.41, 5.74) is 8.46. The highest BCUT2D eigenvalue weighted by molar-refractivity contribution is 5.95. The smallest absolute Gasteiger partial charge is 0.384 e. The highest BCUT2D eigenvalue weighted by Crippen LogP contribution is 2.31. The number of nitrogens with one attached hydrogen (secondary N) is 1. The van der Waals surface area contributed by atoms with Gasteiger partial charge < -0.3 is 16.0 Å². The minimum Gasteiger partial charge on any atom is -0.384 e. The molecule has 0 radical (unpaired) electrons. The summed E-state index contributed by atoms with van der Waals surface area (Å²) in [7, 11) is 0. The Morgan fingerprint density at radius 3 is 2.67 bits per heavy atom. The van der Waals surface area contributed by atoms with Gasteiger partial charge >= 0.3 is 6.18 Å². The SMILES string of the molecule is Nc1cc(C(=O)N2CCc3c(cccc3Nc3ccc(C(F)(F)F)nc3)C2)ccn1. The molecule has 0 bridgehead atoms. The van der Waals surface area contributed by atoms with Gasteiger partial charge in [-0.3, -0.25) is 4.79 Å². The van der Waals surface area contributed by atoms with Crippen molar-refractivity contribution in [3.8, 4) is 0 Å². The zero-order chi connectivity index (χ0) is 21.3. The van der Waals surface area contributed by atoms with E-state index in [9.17, 15) is 18.0 Å². The number of aromatic nitrogens is 2. The summed E-state index contributed by atoms with van der Waals surface area (Å²) in [4.78, 5) is 21.9. The van der Waals surface area contributed by atoms with Crippen LogP contribution in [0.4, 0.5) is 30.4 Å². The minimum absolute atomic E-state index is 0.125. The van der Waals surface area contributed by atoms with Crippen LogP contribution < -0.4 is 11.1 Å². The molecule has 0 saturated carbocycles. The molecule has 0 saturated heterocycles. The van der Waals surface area contributed by atoms with E-state index in [4.69, 9.17) is 5.73 Å². The predicted octanol–water partition coefficient (Wildman–Crippen LogP) is 4.02.